The van der Waals surface area contributed by atoms with Crippen LogP contribution in [0.25, 0.3) is 0 Å². The minimum Gasteiger partial charge on any atom is -0.348 e. The van der Waals surface area contributed by atoms with Crippen LogP contribution in [0.1, 0.15) is 24.8 Å². The van der Waals surface area contributed by atoms with Gasteiger partial charge in [-0.1, -0.05) is 24.3 Å². The van der Waals surface area contributed by atoms with Gasteiger partial charge in [-0.3, -0.25) is 9.59 Å². The second-order valence-electron chi connectivity index (χ2n) is 5.44. The van der Waals surface area contributed by atoms with Crippen molar-refractivity contribution in [3.8, 4) is 0 Å². The van der Waals surface area contributed by atoms with E-state index in [4.69, 9.17) is 0 Å². The number of carbonyl (C=O) groups excluding carboxylic acids is 2. The highest BCUT2D eigenvalue weighted by Crippen LogP contribution is 2.17. The molecule has 2 rings (SSSR count). The van der Waals surface area contributed by atoms with Crippen LogP contribution in [0.2, 0.25) is 0 Å². The first-order valence-electron chi connectivity index (χ1n) is 7.51. The van der Waals surface area contributed by atoms with E-state index in [9.17, 15) is 9.59 Å². The third-order valence-electron chi connectivity index (χ3n) is 3.66. The van der Waals surface area contributed by atoms with Gasteiger partial charge >= 0.3 is 11.8 Å². The zero-order valence-corrected chi connectivity index (χ0v) is 13.6. The second kappa shape index (κ2) is 8.63. The van der Waals surface area contributed by atoms with Gasteiger partial charge in [0.2, 0.25) is 0 Å². The molecule has 0 unspecified atom stereocenters. The van der Waals surface area contributed by atoms with Crippen molar-refractivity contribution in [3.05, 3.63) is 42.0 Å². The molecule has 0 radical (unpaired) electrons. The van der Waals surface area contributed by atoms with Crippen LogP contribution in [0.4, 0.5) is 5.69 Å². The van der Waals surface area contributed by atoms with Crippen molar-refractivity contribution in [2.75, 3.05) is 18.1 Å². The summed E-state index contributed by atoms with van der Waals surface area (Å²) in [7, 11) is 0. The predicted octanol–water partition coefficient (Wildman–Crippen LogP) is 2.96. The van der Waals surface area contributed by atoms with Crippen LogP contribution >= 0.6 is 11.8 Å². The van der Waals surface area contributed by atoms with Crippen LogP contribution in [0.5, 0.6) is 0 Å². The maximum atomic E-state index is 11.9. The Morgan fingerprint density at radius 3 is 2.59 bits per heavy atom. The van der Waals surface area contributed by atoms with Crippen molar-refractivity contribution in [2.45, 2.75) is 25.0 Å². The molecule has 0 saturated carbocycles. The number of hydrogen-bond acceptors (Lipinski definition) is 3. The summed E-state index contributed by atoms with van der Waals surface area (Å²) in [4.78, 5) is 23.7. The summed E-state index contributed by atoms with van der Waals surface area (Å²) >= 11 is 1.74. The molecule has 1 atom stereocenters. The highest BCUT2D eigenvalue weighted by atomic mass is 32.2. The Balaban J connectivity index is 1.77. The van der Waals surface area contributed by atoms with Crippen molar-refractivity contribution in [1.29, 1.82) is 0 Å². The molecule has 4 nitrogen and oxygen atoms in total. The molecule has 0 bridgehead atoms. The van der Waals surface area contributed by atoms with Crippen molar-refractivity contribution in [3.63, 3.8) is 0 Å². The summed E-state index contributed by atoms with van der Waals surface area (Å²) in [5, 5.41) is 5.34. The summed E-state index contributed by atoms with van der Waals surface area (Å²) < 4.78 is 0. The molecular formula is C17H22N2O2S. The molecule has 0 heterocycles. The Hall–Kier alpha value is -1.75. The van der Waals surface area contributed by atoms with Gasteiger partial charge in [-0.15, -0.1) is 0 Å². The Kier molecular flexibility index (Phi) is 6.52. The fourth-order valence-corrected chi connectivity index (χ4v) is 2.92. The van der Waals surface area contributed by atoms with E-state index in [0.29, 0.717) is 18.2 Å². The van der Waals surface area contributed by atoms with Gasteiger partial charge in [-0.05, 0) is 49.1 Å². The van der Waals surface area contributed by atoms with Crippen molar-refractivity contribution >= 4 is 29.3 Å². The van der Waals surface area contributed by atoms with Gasteiger partial charge in [0.25, 0.3) is 0 Å². The molecule has 1 aromatic carbocycles. The summed E-state index contributed by atoms with van der Waals surface area (Å²) in [6.45, 7) is 0.559. The first-order chi connectivity index (χ1) is 10.7. The molecule has 2 N–H and O–H groups in total. The van der Waals surface area contributed by atoms with Gasteiger partial charge in [0.15, 0.2) is 0 Å². The summed E-state index contributed by atoms with van der Waals surface area (Å²) in [6.07, 6.45) is 9.42. The monoisotopic (exact) mass is 318 g/mol. The molecule has 5 heteroatoms. The Morgan fingerprint density at radius 2 is 1.95 bits per heavy atom. The van der Waals surface area contributed by atoms with Crippen molar-refractivity contribution in [1.82, 2.24) is 5.32 Å². The van der Waals surface area contributed by atoms with Gasteiger partial charge in [-0.25, -0.2) is 0 Å². The number of rotatable bonds is 5. The number of benzene rings is 1. The van der Waals surface area contributed by atoms with Gasteiger partial charge in [0.05, 0.1) is 0 Å². The lowest BCUT2D eigenvalue weighted by molar-refractivity contribution is -0.136. The normalized spacial score (nSPS) is 17.0. The van der Waals surface area contributed by atoms with Gasteiger partial charge < -0.3 is 10.6 Å². The number of hydrogen-bond donors (Lipinski definition) is 2. The molecule has 2 amide bonds. The van der Waals surface area contributed by atoms with Crippen LogP contribution < -0.4 is 10.6 Å². The second-order valence-corrected chi connectivity index (χ2v) is 6.31. The first-order valence-corrected chi connectivity index (χ1v) is 8.90. The summed E-state index contributed by atoms with van der Waals surface area (Å²) in [5.74, 6) is 0.198. The van der Waals surface area contributed by atoms with Crippen LogP contribution in [-0.4, -0.2) is 24.6 Å². The first kappa shape index (κ1) is 16.6. The van der Waals surface area contributed by atoms with Crippen molar-refractivity contribution < 1.29 is 9.59 Å². The number of amides is 2. The number of thioether (sulfide) groups is 1. The molecule has 118 valence electrons. The molecular weight excluding hydrogens is 296 g/mol. The fraction of sp³-hybridized carbons (Fsp3) is 0.412. The van der Waals surface area contributed by atoms with E-state index in [1.807, 2.05) is 30.5 Å². The molecule has 0 saturated heterocycles. The Bertz CT molecular complexity index is 540. The summed E-state index contributed by atoms with van der Waals surface area (Å²) in [6, 6.07) is 7.56. The highest BCUT2D eigenvalue weighted by Gasteiger charge is 2.16. The van der Waals surface area contributed by atoms with E-state index in [1.54, 1.807) is 11.8 Å². The zero-order valence-electron chi connectivity index (χ0n) is 12.8. The van der Waals surface area contributed by atoms with E-state index in [1.165, 1.54) is 5.56 Å². The van der Waals surface area contributed by atoms with Gasteiger partial charge in [0, 0.05) is 18.0 Å². The quantitative estimate of drug-likeness (QED) is 0.648. The molecule has 22 heavy (non-hydrogen) atoms. The highest BCUT2D eigenvalue weighted by molar-refractivity contribution is 7.97. The molecule has 0 aromatic heterocycles. The van der Waals surface area contributed by atoms with E-state index in [-0.39, 0.29) is 0 Å². The molecule has 1 aromatic rings. The van der Waals surface area contributed by atoms with Crippen LogP contribution in [0.15, 0.2) is 36.4 Å². The number of carbonyl (C=O) groups is 2. The largest absolute Gasteiger partial charge is 0.348 e. The van der Waals surface area contributed by atoms with E-state index < -0.39 is 11.8 Å². The lowest BCUT2D eigenvalue weighted by atomic mass is 9.94. The average Bonchev–Trinajstić information content (AvgIpc) is 2.55. The van der Waals surface area contributed by atoms with E-state index in [0.717, 1.165) is 25.0 Å². The van der Waals surface area contributed by atoms with Crippen LogP contribution in [0, 0.1) is 5.92 Å². The fourth-order valence-electron chi connectivity index (χ4n) is 2.40. The predicted molar refractivity (Wildman–Crippen MR) is 91.8 cm³/mol. The number of nitrogens with one attached hydrogen (secondary N) is 2. The minimum absolute atomic E-state index is 0.438. The smallest absolute Gasteiger partial charge is 0.313 e. The maximum Gasteiger partial charge on any atom is 0.313 e. The Labute approximate surface area is 135 Å². The average molecular weight is 318 g/mol. The molecule has 0 spiro atoms. The lowest BCUT2D eigenvalue weighted by Crippen LogP contribution is -2.38. The third-order valence-corrected chi connectivity index (χ3v) is 4.28. The number of allylic oxidation sites excluding steroid dienone is 2. The molecule has 1 aliphatic carbocycles. The van der Waals surface area contributed by atoms with Crippen LogP contribution in [0.3, 0.4) is 0 Å². The van der Waals surface area contributed by atoms with Crippen molar-refractivity contribution in [2.24, 2.45) is 5.92 Å². The maximum absolute atomic E-state index is 11.9. The van der Waals surface area contributed by atoms with Crippen LogP contribution in [-0.2, 0) is 15.3 Å². The van der Waals surface area contributed by atoms with Gasteiger partial charge in [-0.2, -0.15) is 11.8 Å². The lowest BCUT2D eigenvalue weighted by Gasteiger charge is -2.17. The summed E-state index contributed by atoms with van der Waals surface area (Å²) in [5.41, 5.74) is 1.84. The number of anilines is 1. The molecule has 0 fully saturated rings. The molecule has 1 aliphatic rings. The standard InChI is InChI=1S/C17H22N2O2S/c1-22-12-14-7-9-15(10-8-14)19-17(21)16(20)18-11-13-5-3-2-4-6-13/h2-3,7-10,13H,4-6,11-12H2,1H3,(H,18,20)(H,19,21)/t13-/m0/s1. The third kappa shape index (κ3) is 5.22. The van der Waals surface area contributed by atoms with E-state index in [2.05, 4.69) is 22.8 Å². The Morgan fingerprint density at radius 1 is 1.18 bits per heavy atom. The topological polar surface area (TPSA) is 58.2 Å². The SMILES string of the molecule is CSCc1ccc(NC(=O)C(=O)NC[C@H]2CC=CCC2)cc1. The molecule has 0 aliphatic heterocycles. The van der Waals surface area contributed by atoms with E-state index >= 15 is 0 Å². The van der Waals surface area contributed by atoms with Gasteiger partial charge in [0.1, 0.15) is 0 Å². The zero-order chi connectivity index (χ0) is 15.8. The minimum atomic E-state index is -0.607.